The number of ether oxygens (including phenoxy) is 1. The first-order valence-electron chi connectivity index (χ1n) is 8.64. The molecule has 3 rings (SSSR count). The van der Waals surface area contributed by atoms with Crippen LogP contribution >= 0.6 is 11.6 Å². The highest BCUT2D eigenvalue weighted by molar-refractivity contribution is 6.30. The van der Waals surface area contributed by atoms with E-state index < -0.39 is 6.04 Å². The van der Waals surface area contributed by atoms with Crippen LogP contribution in [-0.2, 0) is 20.7 Å². The summed E-state index contributed by atoms with van der Waals surface area (Å²) in [6.07, 6.45) is 0.289. The first-order chi connectivity index (χ1) is 13.0. The summed E-state index contributed by atoms with van der Waals surface area (Å²) >= 11 is 5.93. The smallest absolute Gasteiger partial charge is 0.307 e. The van der Waals surface area contributed by atoms with Crippen molar-refractivity contribution in [3.8, 4) is 0 Å². The largest absolute Gasteiger partial charge is 0.469 e. The van der Waals surface area contributed by atoms with Crippen molar-refractivity contribution in [1.82, 2.24) is 5.32 Å². The molecule has 0 fully saturated rings. The highest BCUT2D eigenvalue weighted by Crippen LogP contribution is 2.21. The lowest BCUT2D eigenvalue weighted by atomic mass is 10.0. The Hall–Kier alpha value is -2.85. The second-order valence-electron chi connectivity index (χ2n) is 6.31. The molecule has 5 heteroatoms. The minimum Gasteiger partial charge on any atom is -0.469 e. The van der Waals surface area contributed by atoms with E-state index in [0.29, 0.717) is 5.02 Å². The fourth-order valence-electron chi connectivity index (χ4n) is 2.98. The van der Waals surface area contributed by atoms with Crippen LogP contribution in [0.5, 0.6) is 0 Å². The van der Waals surface area contributed by atoms with Gasteiger partial charge in [0.2, 0.25) is 5.91 Å². The first-order valence-corrected chi connectivity index (χ1v) is 9.02. The minimum absolute atomic E-state index is 0.0571. The molecule has 138 valence electrons. The Labute approximate surface area is 163 Å². The van der Waals surface area contributed by atoms with E-state index >= 15 is 0 Å². The second kappa shape index (κ2) is 8.69. The maximum absolute atomic E-state index is 12.6. The van der Waals surface area contributed by atoms with Crippen LogP contribution < -0.4 is 5.32 Å². The number of methoxy groups -OCH3 is 1. The SMILES string of the molecule is COC(=O)C[C@H](NC(=O)Cc1ccc2ccccc2c1)c1ccc(Cl)cc1. The van der Waals surface area contributed by atoms with E-state index in [1.54, 1.807) is 24.3 Å². The molecular formula is C22H20ClNO3. The number of esters is 1. The lowest BCUT2D eigenvalue weighted by Crippen LogP contribution is -2.31. The van der Waals surface area contributed by atoms with Gasteiger partial charge in [-0.2, -0.15) is 0 Å². The highest BCUT2D eigenvalue weighted by atomic mass is 35.5. The van der Waals surface area contributed by atoms with Gasteiger partial charge < -0.3 is 10.1 Å². The average Bonchev–Trinajstić information content (AvgIpc) is 2.67. The van der Waals surface area contributed by atoms with Gasteiger partial charge in [-0.15, -0.1) is 0 Å². The molecule has 0 aliphatic heterocycles. The number of amides is 1. The topological polar surface area (TPSA) is 55.4 Å². The van der Waals surface area contributed by atoms with Crippen LogP contribution in [-0.4, -0.2) is 19.0 Å². The summed E-state index contributed by atoms with van der Waals surface area (Å²) in [5.41, 5.74) is 1.72. The van der Waals surface area contributed by atoms with E-state index in [9.17, 15) is 9.59 Å². The zero-order valence-electron chi connectivity index (χ0n) is 14.9. The van der Waals surface area contributed by atoms with Gasteiger partial charge in [0.1, 0.15) is 0 Å². The molecule has 0 unspecified atom stereocenters. The van der Waals surface area contributed by atoms with Crippen molar-refractivity contribution in [2.24, 2.45) is 0 Å². The second-order valence-corrected chi connectivity index (χ2v) is 6.75. The Morgan fingerprint density at radius 2 is 1.70 bits per heavy atom. The molecule has 0 aromatic heterocycles. The summed E-state index contributed by atoms with van der Waals surface area (Å²) in [5.74, 6) is -0.546. The Balaban J connectivity index is 1.74. The fraction of sp³-hybridized carbons (Fsp3) is 0.182. The van der Waals surface area contributed by atoms with Crippen LogP contribution in [0.25, 0.3) is 10.8 Å². The van der Waals surface area contributed by atoms with Gasteiger partial charge in [0.25, 0.3) is 0 Å². The van der Waals surface area contributed by atoms with Crippen molar-refractivity contribution < 1.29 is 14.3 Å². The number of hydrogen-bond acceptors (Lipinski definition) is 3. The summed E-state index contributed by atoms with van der Waals surface area (Å²) in [6, 6.07) is 20.6. The third-order valence-electron chi connectivity index (χ3n) is 4.38. The molecule has 0 spiro atoms. The summed E-state index contributed by atoms with van der Waals surface area (Å²) in [4.78, 5) is 24.3. The molecular weight excluding hydrogens is 362 g/mol. The zero-order chi connectivity index (χ0) is 19.2. The standard InChI is InChI=1S/C22H20ClNO3/c1-27-22(26)14-20(17-8-10-19(23)11-9-17)24-21(25)13-15-6-7-16-4-2-3-5-18(16)12-15/h2-12,20H,13-14H2,1H3,(H,24,25)/t20-/m0/s1. The van der Waals surface area contributed by atoms with E-state index in [1.165, 1.54) is 7.11 Å². The zero-order valence-corrected chi connectivity index (χ0v) is 15.7. The van der Waals surface area contributed by atoms with Crippen LogP contribution in [0.3, 0.4) is 0 Å². The number of benzene rings is 3. The maximum Gasteiger partial charge on any atom is 0.307 e. The molecule has 0 bridgehead atoms. The van der Waals surface area contributed by atoms with Crippen molar-refractivity contribution in [2.75, 3.05) is 7.11 Å². The predicted octanol–water partition coefficient (Wildman–Crippen LogP) is 4.46. The summed E-state index contributed by atoms with van der Waals surface area (Å²) in [6.45, 7) is 0. The van der Waals surface area contributed by atoms with Crippen LogP contribution in [0.15, 0.2) is 66.7 Å². The van der Waals surface area contributed by atoms with Gasteiger partial charge in [-0.1, -0.05) is 66.2 Å². The molecule has 0 saturated heterocycles. The van der Waals surface area contributed by atoms with Crippen LogP contribution in [0.2, 0.25) is 5.02 Å². The van der Waals surface area contributed by atoms with Crippen molar-refractivity contribution >= 4 is 34.2 Å². The normalized spacial score (nSPS) is 11.8. The Morgan fingerprint density at radius 1 is 1.00 bits per heavy atom. The van der Waals surface area contributed by atoms with E-state index in [-0.39, 0.29) is 24.7 Å². The number of fused-ring (bicyclic) bond motifs is 1. The van der Waals surface area contributed by atoms with Crippen LogP contribution in [0.4, 0.5) is 0 Å². The van der Waals surface area contributed by atoms with Crippen molar-refractivity contribution in [3.05, 3.63) is 82.9 Å². The Morgan fingerprint density at radius 3 is 2.41 bits per heavy atom. The average molecular weight is 382 g/mol. The lowest BCUT2D eigenvalue weighted by Gasteiger charge is -2.18. The van der Waals surface area contributed by atoms with Gasteiger partial charge in [0.05, 0.1) is 26.0 Å². The first kappa shape index (κ1) is 18.9. The quantitative estimate of drug-likeness (QED) is 0.641. The molecule has 0 radical (unpaired) electrons. The van der Waals surface area contributed by atoms with Gasteiger partial charge in [0.15, 0.2) is 0 Å². The van der Waals surface area contributed by atoms with Crippen molar-refractivity contribution in [1.29, 1.82) is 0 Å². The monoisotopic (exact) mass is 381 g/mol. The maximum atomic E-state index is 12.6. The van der Waals surface area contributed by atoms with Gasteiger partial charge in [-0.3, -0.25) is 9.59 Å². The third kappa shape index (κ3) is 5.08. The summed E-state index contributed by atoms with van der Waals surface area (Å²) in [7, 11) is 1.33. The molecule has 1 N–H and O–H groups in total. The number of carbonyl (C=O) groups excluding carboxylic acids is 2. The van der Waals surface area contributed by atoms with Crippen molar-refractivity contribution in [3.63, 3.8) is 0 Å². The van der Waals surface area contributed by atoms with Gasteiger partial charge in [-0.25, -0.2) is 0 Å². The predicted molar refractivity (Wildman–Crippen MR) is 107 cm³/mol. The number of carbonyl (C=O) groups is 2. The summed E-state index contributed by atoms with van der Waals surface area (Å²) in [5, 5.41) is 5.75. The van der Waals surface area contributed by atoms with Gasteiger partial charge in [-0.05, 0) is 34.0 Å². The fourth-order valence-corrected chi connectivity index (χ4v) is 3.10. The van der Waals surface area contributed by atoms with E-state index in [0.717, 1.165) is 21.9 Å². The Bertz CT molecular complexity index is 953. The number of halogens is 1. The van der Waals surface area contributed by atoms with Gasteiger partial charge >= 0.3 is 5.97 Å². The van der Waals surface area contributed by atoms with Crippen LogP contribution in [0, 0.1) is 0 Å². The number of rotatable bonds is 6. The van der Waals surface area contributed by atoms with E-state index in [2.05, 4.69) is 5.32 Å². The molecule has 0 saturated carbocycles. The molecule has 0 aliphatic rings. The molecule has 1 atom stereocenters. The molecule has 3 aromatic carbocycles. The molecule has 3 aromatic rings. The van der Waals surface area contributed by atoms with Crippen LogP contribution in [0.1, 0.15) is 23.6 Å². The highest BCUT2D eigenvalue weighted by Gasteiger charge is 2.19. The molecule has 0 heterocycles. The van der Waals surface area contributed by atoms with E-state index in [1.807, 2.05) is 42.5 Å². The number of hydrogen-bond donors (Lipinski definition) is 1. The lowest BCUT2D eigenvalue weighted by molar-refractivity contribution is -0.141. The van der Waals surface area contributed by atoms with Gasteiger partial charge in [0, 0.05) is 5.02 Å². The summed E-state index contributed by atoms with van der Waals surface area (Å²) < 4.78 is 4.76. The van der Waals surface area contributed by atoms with Crippen molar-refractivity contribution in [2.45, 2.75) is 18.9 Å². The molecule has 1 amide bonds. The minimum atomic E-state index is -0.470. The van der Waals surface area contributed by atoms with E-state index in [4.69, 9.17) is 16.3 Å². The Kier molecular flexibility index (Phi) is 6.09. The molecule has 27 heavy (non-hydrogen) atoms. The molecule has 0 aliphatic carbocycles. The number of nitrogens with one attached hydrogen (secondary N) is 1. The molecule has 4 nitrogen and oxygen atoms in total. The third-order valence-corrected chi connectivity index (χ3v) is 4.64.